The number of anilines is 3. The van der Waals surface area contributed by atoms with Gasteiger partial charge in [0.2, 0.25) is 0 Å². The van der Waals surface area contributed by atoms with Crippen LogP contribution in [0.4, 0.5) is 17.1 Å². The Balaban J connectivity index is 1.35. The van der Waals surface area contributed by atoms with Gasteiger partial charge >= 0.3 is 0 Å². The Labute approximate surface area is 244 Å². The minimum absolute atomic E-state index is 0.904. The smallest absolute Gasteiger partial charge is 0.143 e. The predicted octanol–water partition coefficient (Wildman–Crippen LogP) is 11.5. The van der Waals surface area contributed by atoms with Gasteiger partial charge in [-0.3, -0.25) is 0 Å². The van der Waals surface area contributed by atoms with Crippen LogP contribution in [0, 0.1) is 0 Å². The first-order valence-electron chi connectivity index (χ1n) is 14.3. The van der Waals surface area contributed by atoms with Gasteiger partial charge in [0.05, 0.1) is 5.69 Å². The third kappa shape index (κ3) is 4.13. The second kappa shape index (κ2) is 10.1. The fourth-order valence-corrected chi connectivity index (χ4v) is 6.01. The summed E-state index contributed by atoms with van der Waals surface area (Å²) in [5.74, 6) is 0. The molecule has 0 unspecified atom stereocenters. The maximum atomic E-state index is 6.42. The van der Waals surface area contributed by atoms with Gasteiger partial charge in [-0.05, 0) is 58.7 Å². The van der Waals surface area contributed by atoms with Crippen LogP contribution in [0.5, 0.6) is 0 Å². The van der Waals surface area contributed by atoms with Crippen LogP contribution in [0.15, 0.2) is 168 Å². The number of hydrogen-bond donors (Lipinski definition) is 0. The number of nitrogens with zero attached hydrogens (tertiary/aromatic N) is 1. The summed E-state index contributed by atoms with van der Waals surface area (Å²) in [6.45, 7) is 0. The highest BCUT2D eigenvalue weighted by Crippen LogP contribution is 2.44. The Morgan fingerprint density at radius 2 is 0.810 bits per heavy atom. The van der Waals surface area contributed by atoms with E-state index in [2.05, 4.69) is 157 Å². The molecule has 42 heavy (non-hydrogen) atoms. The summed E-state index contributed by atoms with van der Waals surface area (Å²) in [6, 6.07) is 57.9. The fraction of sp³-hybridized carbons (Fsp3) is 0. The standard InChI is InChI=1S/C40H27NO/c1-3-11-28(12-4-1)30-19-23-32(24-20-30)41(33-25-21-31(22-26-33)29-13-5-2-6-14-29)38-27-37-35-16-9-10-18-39(35)42-40(37)36-17-8-7-15-34(36)38/h1-27H. The van der Waals surface area contributed by atoms with Crippen molar-refractivity contribution in [2.75, 3.05) is 4.90 Å². The highest BCUT2D eigenvalue weighted by atomic mass is 16.3. The molecule has 0 bridgehead atoms. The third-order valence-corrected chi connectivity index (χ3v) is 8.07. The average Bonchev–Trinajstić information content (AvgIpc) is 3.45. The molecule has 2 nitrogen and oxygen atoms in total. The van der Waals surface area contributed by atoms with E-state index in [1.54, 1.807) is 0 Å². The van der Waals surface area contributed by atoms with Gasteiger partial charge in [0.15, 0.2) is 0 Å². The second-order valence-electron chi connectivity index (χ2n) is 10.6. The van der Waals surface area contributed by atoms with E-state index in [4.69, 9.17) is 4.42 Å². The van der Waals surface area contributed by atoms with Crippen molar-refractivity contribution < 1.29 is 4.42 Å². The summed E-state index contributed by atoms with van der Waals surface area (Å²) in [6.07, 6.45) is 0. The monoisotopic (exact) mass is 537 g/mol. The van der Waals surface area contributed by atoms with Crippen molar-refractivity contribution >= 4 is 49.8 Å². The molecule has 1 aromatic heterocycles. The van der Waals surface area contributed by atoms with Gasteiger partial charge in [-0.25, -0.2) is 0 Å². The zero-order chi connectivity index (χ0) is 27.9. The SMILES string of the molecule is c1ccc(-c2ccc(N(c3ccc(-c4ccccc4)cc3)c3cc4c5ccccc5oc4c4ccccc34)cc2)cc1. The summed E-state index contributed by atoms with van der Waals surface area (Å²) < 4.78 is 6.42. The second-order valence-corrected chi connectivity index (χ2v) is 10.6. The molecule has 8 aromatic rings. The van der Waals surface area contributed by atoms with E-state index < -0.39 is 0 Å². The lowest BCUT2D eigenvalue weighted by molar-refractivity contribution is 0.672. The first-order chi connectivity index (χ1) is 20.8. The fourth-order valence-electron chi connectivity index (χ4n) is 6.01. The maximum absolute atomic E-state index is 6.42. The van der Waals surface area contributed by atoms with E-state index in [9.17, 15) is 0 Å². The van der Waals surface area contributed by atoms with E-state index in [0.29, 0.717) is 0 Å². The quantitative estimate of drug-likeness (QED) is 0.217. The largest absolute Gasteiger partial charge is 0.455 e. The lowest BCUT2D eigenvalue weighted by atomic mass is 10.0. The van der Waals surface area contributed by atoms with Crippen LogP contribution in [-0.2, 0) is 0 Å². The Kier molecular flexibility index (Phi) is 5.82. The molecule has 0 aliphatic rings. The van der Waals surface area contributed by atoms with Gasteiger partial charge in [-0.15, -0.1) is 0 Å². The Bertz CT molecular complexity index is 2080. The number of benzene rings is 7. The van der Waals surface area contributed by atoms with Crippen molar-refractivity contribution in [3.63, 3.8) is 0 Å². The third-order valence-electron chi connectivity index (χ3n) is 8.07. The number of furan rings is 1. The first-order valence-corrected chi connectivity index (χ1v) is 14.3. The van der Waals surface area contributed by atoms with Crippen LogP contribution < -0.4 is 4.90 Å². The minimum Gasteiger partial charge on any atom is -0.455 e. The molecule has 0 saturated heterocycles. The van der Waals surface area contributed by atoms with Crippen molar-refractivity contribution in [1.82, 2.24) is 0 Å². The number of rotatable bonds is 5. The summed E-state index contributed by atoms with van der Waals surface area (Å²) in [5, 5.41) is 4.49. The summed E-state index contributed by atoms with van der Waals surface area (Å²) in [5.41, 5.74) is 9.94. The molecule has 0 spiro atoms. The number of fused-ring (bicyclic) bond motifs is 5. The van der Waals surface area contributed by atoms with E-state index in [1.165, 1.54) is 22.3 Å². The zero-order valence-electron chi connectivity index (χ0n) is 22.9. The predicted molar refractivity (Wildman–Crippen MR) is 177 cm³/mol. The molecule has 0 aliphatic carbocycles. The van der Waals surface area contributed by atoms with E-state index in [-0.39, 0.29) is 0 Å². The minimum atomic E-state index is 0.904. The van der Waals surface area contributed by atoms with Crippen LogP contribution in [-0.4, -0.2) is 0 Å². The summed E-state index contributed by atoms with van der Waals surface area (Å²) in [7, 11) is 0. The molecule has 8 rings (SSSR count). The first kappa shape index (κ1) is 24.2. The van der Waals surface area contributed by atoms with Gasteiger partial charge in [0.1, 0.15) is 11.2 Å². The molecule has 0 amide bonds. The van der Waals surface area contributed by atoms with Gasteiger partial charge in [-0.2, -0.15) is 0 Å². The van der Waals surface area contributed by atoms with Gasteiger partial charge in [0.25, 0.3) is 0 Å². The molecule has 1 heterocycles. The van der Waals surface area contributed by atoms with Gasteiger partial charge < -0.3 is 9.32 Å². The molecule has 0 N–H and O–H groups in total. The van der Waals surface area contributed by atoms with E-state index in [0.717, 1.165) is 49.8 Å². The maximum Gasteiger partial charge on any atom is 0.143 e. The van der Waals surface area contributed by atoms with Crippen molar-refractivity contribution in [2.24, 2.45) is 0 Å². The molecule has 0 aliphatic heterocycles. The van der Waals surface area contributed by atoms with E-state index >= 15 is 0 Å². The summed E-state index contributed by atoms with van der Waals surface area (Å²) >= 11 is 0. The van der Waals surface area contributed by atoms with Gasteiger partial charge in [-0.1, -0.05) is 127 Å². The molecular formula is C40H27NO. The normalized spacial score (nSPS) is 11.3. The molecule has 0 radical (unpaired) electrons. The van der Waals surface area contributed by atoms with Crippen molar-refractivity contribution in [3.8, 4) is 22.3 Å². The van der Waals surface area contributed by atoms with Crippen molar-refractivity contribution in [3.05, 3.63) is 164 Å². The highest BCUT2D eigenvalue weighted by Gasteiger charge is 2.20. The molecule has 7 aromatic carbocycles. The lowest BCUT2D eigenvalue weighted by Gasteiger charge is -2.27. The summed E-state index contributed by atoms with van der Waals surface area (Å²) in [4.78, 5) is 2.37. The lowest BCUT2D eigenvalue weighted by Crippen LogP contribution is -2.10. The van der Waals surface area contributed by atoms with Crippen LogP contribution in [0.1, 0.15) is 0 Å². The number of hydrogen-bond acceptors (Lipinski definition) is 2. The highest BCUT2D eigenvalue weighted by molar-refractivity contribution is 6.19. The molecular weight excluding hydrogens is 510 g/mol. The molecule has 2 heteroatoms. The Morgan fingerprint density at radius 1 is 0.357 bits per heavy atom. The topological polar surface area (TPSA) is 16.4 Å². The van der Waals surface area contributed by atoms with Crippen molar-refractivity contribution in [2.45, 2.75) is 0 Å². The van der Waals surface area contributed by atoms with Crippen LogP contribution in [0.3, 0.4) is 0 Å². The Morgan fingerprint density at radius 3 is 1.38 bits per heavy atom. The van der Waals surface area contributed by atoms with E-state index in [1.807, 2.05) is 12.1 Å². The molecule has 0 fully saturated rings. The number of para-hydroxylation sites is 1. The van der Waals surface area contributed by atoms with Crippen LogP contribution >= 0.6 is 0 Å². The van der Waals surface area contributed by atoms with Crippen LogP contribution in [0.25, 0.3) is 55.0 Å². The zero-order valence-corrected chi connectivity index (χ0v) is 22.9. The molecule has 0 atom stereocenters. The molecule has 0 saturated carbocycles. The van der Waals surface area contributed by atoms with Crippen molar-refractivity contribution in [1.29, 1.82) is 0 Å². The Hall–Kier alpha value is -5.60. The van der Waals surface area contributed by atoms with Crippen LogP contribution in [0.2, 0.25) is 0 Å². The van der Waals surface area contributed by atoms with Gasteiger partial charge in [0, 0.05) is 32.9 Å². The average molecular weight is 538 g/mol. The molecule has 198 valence electrons.